The molecule has 65 heavy (non-hydrogen) atoms. The van der Waals surface area contributed by atoms with Crippen LogP contribution < -0.4 is 10.6 Å². The van der Waals surface area contributed by atoms with Crippen LogP contribution in [0.5, 0.6) is 0 Å². The lowest BCUT2D eigenvalue weighted by Gasteiger charge is -2.30. The van der Waals surface area contributed by atoms with Crippen molar-refractivity contribution in [3.63, 3.8) is 0 Å². The minimum Gasteiger partial charge on any atom is -0.453 e. The maximum atomic E-state index is 14.0. The van der Waals surface area contributed by atoms with Crippen molar-refractivity contribution in [1.29, 1.82) is 0 Å². The van der Waals surface area contributed by atoms with Gasteiger partial charge in [0.2, 0.25) is 11.8 Å². The fraction of sp³-hybridized carbons (Fsp3) is 0.480. The van der Waals surface area contributed by atoms with E-state index in [2.05, 4.69) is 76.3 Å². The molecule has 8 rings (SSSR count). The quantitative estimate of drug-likeness (QED) is 0.102. The third-order valence-corrected chi connectivity index (χ3v) is 13.5. The van der Waals surface area contributed by atoms with Gasteiger partial charge in [0, 0.05) is 50.5 Å². The third kappa shape index (κ3) is 9.81. The Morgan fingerprint density at radius 3 is 1.98 bits per heavy atom. The second-order valence-electron chi connectivity index (χ2n) is 18.6. The van der Waals surface area contributed by atoms with Gasteiger partial charge in [0.25, 0.3) is 0 Å². The summed E-state index contributed by atoms with van der Waals surface area (Å²) in [5, 5.41) is 7.68. The molecular weight excluding hydrogens is 827 g/mol. The molecule has 4 aromatic rings. The number of nitrogens with one attached hydrogen (secondary N) is 3. The SMILES string of the molecule is COCCO[C@H]1C[C@@H](C2=NC=C(c3ccc(-c4ccc5cc(-c6cnc([C@@H]7CC8(CC8)CN7C(=O)[C@@H](NC(=O)OC)C(C)C)[nH]6)ccc5c4)cc3)C2)N(C(=O)[C@@H](NC(=O)OC)C(C)C)C1. The summed E-state index contributed by atoms with van der Waals surface area (Å²) in [6, 6.07) is 19.4. The molecule has 3 aromatic carbocycles. The highest BCUT2D eigenvalue weighted by Gasteiger charge is 2.55. The van der Waals surface area contributed by atoms with Crippen LogP contribution in [0.4, 0.5) is 9.59 Å². The average Bonchev–Trinajstić information content (AvgIpc) is 3.80. The molecule has 344 valence electrons. The molecule has 15 nitrogen and oxygen atoms in total. The fourth-order valence-corrected chi connectivity index (χ4v) is 9.55. The predicted octanol–water partition coefficient (Wildman–Crippen LogP) is 7.53. The van der Waals surface area contributed by atoms with Crippen molar-refractivity contribution in [3.05, 3.63) is 84.4 Å². The molecule has 0 bridgehead atoms. The molecule has 4 heterocycles. The molecule has 4 amide bonds. The number of amides is 4. The minimum absolute atomic E-state index is 0.110. The number of nitrogens with zero attached hydrogens (tertiary/aromatic N) is 4. The molecule has 1 aliphatic carbocycles. The van der Waals surface area contributed by atoms with Gasteiger partial charge in [-0.25, -0.2) is 14.6 Å². The molecule has 15 heteroatoms. The van der Waals surface area contributed by atoms with Crippen LogP contribution in [0, 0.1) is 17.3 Å². The number of likely N-dealkylation sites (tertiary alicyclic amines) is 2. The van der Waals surface area contributed by atoms with E-state index in [1.807, 2.05) is 45.0 Å². The lowest BCUT2D eigenvalue weighted by Crippen LogP contribution is -2.53. The number of H-pyrrole nitrogens is 1. The molecule has 5 atom stereocenters. The summed E-state index contributed by atoms with van der Waals surface area (Å²) in [6.07, 6.45) is 6.50. The first kappa shape index (κ1) is 45.5. The molecule has 0 radical (unpaired) electrons. The van der Waals surface area contributed by atoms with Crippen LogP contribution in [0.3, 0.4) is 0 Å². The number of aliphatic imine (C=N–C) groups is 1. The highest BCUT2D eigenvalue weighted by molar-refractivity contribution is 6.04. The Morgan fingerprint density at radius 2 is 1.37 bits per heavy atom. The molecule has 1 spiro atoms. The topological polar surface area (TPSA) is 177 Å². The van der Waals surface area contributed by atoms with Crippen molar-refractivity contribution >= 4 is 46.1 Å². The van der Waals surface area contributed by atoms with Crippen molar-refractivity contribution < 1.29 is 38.1 Å². The number of hydrogen-bond acceptors (Lipinski definition) is 10. The maximum absolute atomic E-state index is 14.0. The van der Waals surface area contributed by atoms with Crippen LogP contribution in [0.25, 0.3) is 38.7 Å². The van der Waals surface area contributed by atoms with Gasteiger partial charge in [0.15, 0.2) is 0 Å². The van der Waals surface area contributed by atoms with Gasteiger partial charge in [-0.1, -0.05) is 76.2 Å². The number of carbonyl (C=O) groups excluding carboxylic acids is 4. The van der Waals surface area contributed by atoms with Crippen molar-refractivity contribution in [3.8, 4) is 22.4 Å². The number of imidazole rings is 1. The normalized spacial score (nSPS) is 20.8. The van der Waals surface area contributed by atoms with Gasteiger partial charge in [0.1, 0.15) is 17.9 Å². The summed E-state index contributed by atoms with van der Waals surface area (Å²) in [5.74, 6) is 0.194. The van der Waals surface area contributed by atoms with Crippen LogP contribution in [0.1, 0.15) is 77.2 Å². The van der Waals surface area contributed by atoms with Crippen LogP contribution in [0.2, 0.25) is 0 Å². The van der Waals surface area contributed by atoms with E-state index >= 15 is 0 Å². The number of aromatic amines is 1. The summed E-state index contributed by atoms with van der Waals surface area (Å²) in [4.78, 5) is 69.2. The number of aromatic nitrogens is 2. The van der Waals surface area contributed by atoms with Crippen molar-refractivity contribution in [1.82, 2.24) is 30.4 Å². The number of allylic oxidation sites excluding steroid dienone is 1. The zero-order valence-corrected chi connectivity index (χ0v) is 38.4. The van der Waals surface area contributed by atoms with Gasteiger partial charge >= 0.3 is 12.2 Å². The van der Waals surface area contributed by atoms with Gasteiger partial charge in [-0.2, -0.15) is 0 Å². The number of fused-ring (bicyclic) bond motifs is 1. The highest BCUT2D eigenvalue weighted by atomic mass is 16.5. The lowest BCUT2D eigenvalue weighted by molar-refractivity contribution is -0.136. The van der Waals surface area contributed by atoms with Crippen LogP contribution in [-0.2, 0) is 28.5 Å². The minimum atomic E-state index is -0.752. The number of ether oxygens (including phenoxy) is 4. The fourth-order valence-electron chi connectivity index (χ4n) is 9.55. The predicted molar refractivity (Wildman–Crippen MR) is 248 cm³/mol. The van der Waals surface area contributed by atoms with Gasteiger partial charge in [-0.15, -0.1) is 0 Å². The Balaban J connectivity index is 0.934. The average molecular weight is 888 g/mol. The smallest absolute Gasteiger partial charge is 0.407 e. The lowest BCUT2D eigenvalue weighted by atomic mass is 9.95. The summed E-state index contributed by atoms with van der Waals surface area (Å²) in [5.41, 5.74) is 7.20. The van der Waals surface area contributed by atoms with Crippen LogP contribution in [0.15, 0.2) is 78.1 Å². The van der Waals surface area contributed by atoms with E-state index in [4.69, 9.17) is 28.9 Å². The second-order valence-corrected chi connectivity index (χ2v) is 18.6. The maximum Gasteiger partial charge on any atom is 0.407 e. The molecule has 2 saturated heterocycles. The van der Waals surface area contributed by atoms with E-state index in [0.29, 0.717) is 39.1 Å². The van der Waals surface area contributed by atoms with Crippen molar-refractivity contribution in [2.24, 2.45) is 22.2 Å². The zero-order chi connectivity index (χ0) is 46.0. The number of methoxy groups -OCH3 is 3. The summed E-state index contributed by atoms with van der Waals surface area (Å²) < 4.78 is 21.0. The van der Waals surface area contributed by atoms with Gasteiger partial charge < -0.3 is 44.4 Å². The van der Waals surface area contributed by atoms with Crippen LogP contribution in [-0.4, -0.2) is 121 Å². The highest BCUT2D eigenvalue weighted by Crippen LogP contribution is 2.58. The molecule has 3 N–H and O–H groups in total. The largest absolute Gasteiger partial charge is 0.453 e. The molecule has 3 fully saturated rings. The van der Waals surface area contributed by atoms with E-state index in [1.165, 1.54) is 14.2 Å². The van der Waals surface area contributed by atoms with E-state index < -0.39 is 24.3 Å². The first-order valence-corrected chi connectivity index (χ1v) is 22.7. The van der Waals surface area contributed by atoms with Gasteiger partial charge in [-0.3, -0.25) is 14.6 Å². The number of rotatable bonds is 15. The van der Waals surface area contributed by atoms with Crippen molar-refractivity contribution in [2.45, 2.75) is 90.1 Å². The second kappa shape index (κ2) is 19.2. The standard InChI is InChI=1S/C50H61N7O8/c1-29(2)43(54-48(60)63-6)46(58)56-27-38(65-19-18-62-5)23-41(56)39-22-37(25-51-39)32-10-8-31(9-11-32)33-12-13-35-21-36(15-14-34(35)20-33)40-26-52-45(53-40)42-24-50(16-17-50)28-57(42)47(59)44(30(3)4)55-49(61)64-7/h8-15,20-21,25-26,29-30,38,41-44H,16-19,22-24,27-28H2,1-7H3,(H,52,53)(H,54,60)(H,55,61)/t38-,41-,42-,43-,44-/m0/s1. The van der Waals surface area contributed by atoms with E-state index in [-0.39, 0.29) is 47.3 Å². The van der Waals surface area contributed by atoms with E-state index in [9.17, 15) is 19.2 Å². The monoisotopic (exact) mass is 887 g/mol. The number of hydrogen-bond donors (Lipinski definition) is 3. The Morgan fingerprint density at radius 1 is 0.769 bits per heavy atom. The van der Waals surface area contributed by atoms with Gasteiger partial charge in [-0.05, 0) is 81.7 Å². The molecular formula is C50H61N7O8. The molecule has 1 saturated carbocycles. The number of benzene rings is 3. The van der Waals surface area contributed by atoms with Crippen molar-refractivity contribution in [2.75, 3.05) is 47.6 Å². The summed E-state index contributed by atoms with van der Waals surface area (Å²) in [6.45, 7) is 9.57. The Kier molecular flexibility index (Phi) is 13.4. The summed E-state index contributed by atoms with van der Waals surface area (Å²) in [7, 11) is 4.22. The Hall–Kier alpha value is -6.06. The molecule has 3 aliphatic heterocycles. The first-order chi connectivity index (χ1) is 31.3. The van der Waals surface area contributed by atoms with E-state index in [0.717, 1.165) is 75.1 Å². The third-order valence-electron chi connectivity index (χ3n) is 13.5. The van der Waals surface area contributed by atoms with Crippen LogP contribution >= 0.6 is 0 Å². The van der Waals surface area contributed by atoms with Gasteiger partial charge in [0.05, 0.1) is 57.5 Å². The van der Waals surface area contributed by atoms with E-state index in [1.54, 1.807) is 12.0 Å². The number of alkyl carbamates (subject to hydrolysis) is 2. The first-order valence-electron chi connectivity index (χ1n) is 22.7. The molecule has 0 unspecified atom stereocenters. The summed E-state index contributed by atoms with van der Waals surface area (Å²) >= 11 is 0. The molecule has 1 aromatic heterocycles. The Labute approximate surface area is 380 Å². The number of carbonyl (C=O) groups is 4. The zero-order valence-electron chi connectivity index (χ0n) is 38.4. The Bertz CT molecular complexity index is 2470. The molecule has 4 aliphatic rings.